The summed E-state index contributed by atoms with van der Waals surface area (Å²) in [7, 11) is 0. The summed E-state index contributed by atoms with van der Waals surface area (Å²) in [6.07, 6.45) is 11.4. The SMILES string of the molecule is CC1=CC(C)(C)c2cc3c(cc21)-c1cc2c(cc1C3)C(C)(C)C(C(C1=CC=CC1)(c1ccc(C)cc1)c1ccc(C)cc1)=C2C. The standard InChI is InChI=1S/C45H44/c1-27-13-17-34(18-14-27)45(33-11-9-10-12-33,35-19-15-28(2)16-20-35)42-30(4)37-25-39-32(23-41(37)44(42,7)8)21-31-22-40-36(24-38(31)39)29(3)26-43(40,5)6/h9-11,13-20,22-26H,12,21H2,1-8H3. The number of allylic oxidation sites excluding steroid dienone is 8. The first-order valence-corrected chi connectivity index (χ1v) is 16.7. The Morgan fingerprint density at radius 2 is 1.18 bits per heavy atom. The highest BCUT2D eigenvalue weighted by Gasteiger charge is 2.52. The molecule has 0 saturated carbocycles. The number of fused-ring (bicyclic) bond motifs is 5. The molecule has 8 rings (SSSR count). The molecule has 0 amide bonds. The van der Waals surface area contributed by atoms with Crippen molar-refractivity contribution < 1.29 is 0 Å². The first-order chi connectivity index (χ1) is 21.4. The van der Waals surface area contributed by atoms with E-state index in [2.05, 4.69) is 152 Å². The Labute approximate surface area is 269 Å². The normalized spacial score (nSPS) is 18.5. The summed E-state index contributed by atoms with van der Waals surface area (Å²) in [5.74, 6) is 0. The van der Waals surface area contributed by atoms with Crippen LogP contribution in [0.25, 0.3) is 22.3 Å². The predicted molar refractivity (Wildman–Crippen MR) is 192 cm³/mol. The molecule has 0 saturated heterocycles. The van der Waals surface area contributed by atoms with Gasteiger partial charge in [0.15, 0.2) is 0 Å². The number of hydrogen-bond donors (Lipinski definition) is 0. The zero-order valence-corrected chi connectivity index (χ0v) is 28.2. The highest BCUT2D eigenvalue weighted by molar-refractivity contribution is 5.91. The van der Waals surface area contributed by atoms with Crippen LogP contribution < -0.4 is 0 Å². The van der Waals surface area contributed by atoms with Gasteiger partial charge in [0.2, 0.25) is 0 Å². The van der Waals surface area contributed by atoms with Crippen molar-refractivity contribution in [3.63, 3.8) is 0 Å². The summed E-state index contributed by atoms with van der Waals surface area (Å²) >= 11 is 0. The maximum atomic E-state index is 2.58. The molecule has 0 aromatic heterocycles. The van der Waals surface area contributed by atoms with E-state index in [1.807, 2.05) is 0 Å². The van der Waals surface area contributed by atoms with Crippen molar-refractivity contribution in [3.05, 3.63) is 164 Å². The van der Waals surface area contributed by atoms with Gasteiger partial charge in [0, 0.05) is 10.8 Å². The fourth-order valence-electron chi connectivity index (χ4n) is 9.48. The Morgan fingerprint density at radius 3 is 1.73 bits per heavy atom. The van der Waals surface area contributed by atoms with E-state index in [4.69, 9.17) is 0 Å². The minimum absolute atomic E-state index is 0.0975. The van der Waals surface area contributed by atoms with Gasteiger partial charge < -0.3 is 0 Å². The first-order valence-electron chi connectivity index (χ1n) is 16.7. The van der Waals surface area contributed by atoms with Crippen molar-refractivity contribution in [3.8, 4) is 11.1 Å². The molecule has 0 heteroatoms. The lowest BCUT2D eigenvalue weighted by molar-refractivity contribution is 0.532. The molecule has 0 radical (unpaired) electrons. The number of benzene rings is 4. The van der Waals surface area contributed by atoms with Crippen molar-refractivity contribution in [1.82, 2.24) is 0 Å². The molecule has 0 spiro atoms. The topological polar surface area (TPSA) is 0 Å². The zero-order valence-electron chi connectivity index (χ0n) is 28.2. The van der Waals surface area contributed by atoms with Gasteiger partial charge in [0.1, 0.15) is 0 Å². The third-order valence-electron chi connectivity index (χ3n) is 11.5. The van der Waals surface area contributed by atoms with Crippen LogP contribution >= 0.6 is 0 Å². The summed E-state index contributed by atoms with van der Waals surface area (Å²) in [5, 5.41) is 0. The summed E-state index contributed by atoms with van der Waals surface area (Å²) < 4.78 is 0. The van der Waals surface area contributed by atoms with Crippen LogP contribution in [0.4, 0.5) is 0 Å². The van der Waals surface area contributed by atoms with Crippen LogP contribution in [-0.4, -0.2) is 0 Å². The summed E-state index contributed by atoms with van der Waals surface area (Å²) in [6.45, 7) is 18.8. The van der Waals surface area contributed by atoms with Crippen molar-refractivity contribution >= 4 is 11.1 Å². The molecule has 0 heterocycles. The predicted octanol–water partition coefficient (Wildman–Crippen LogP) is 11.5. The fraction of sp³-hybridized carbons (Fsp3) is 0.289. The average molecular weight is 585 g/mol. The molecule has 4 aliphatic rings. The quantitative estimate of drug-likeness (QED) is 0.197. The lowest BCUT2D eigenvalue weighted by atomic mass is 9.57. The Morgan fingerprint density at radius 1 is 0.622 bits per heavy atom. The second kappa shape index (κ2) is 9.43. The van der Waals surface area contributed by atoms with Gasteiger partial charge in [-0.05, 0) is 131 Å². The highest BCUT2D eigenvalue weighted by Crippen LogP contribution is 2.61. The van der Waals surface area contributed by atoms with E-state index in [0.29, 0.717) is 0 Å². The summed E-state index contributed by atoms with van der Waals surface area (Å²) in [6, 6.07) is 28.9. The van der Waals surface area contributed by atoms with Gasteiger partial charge in [-0.1, -0.05) is 124 Å². The van der Waals surface area contributed by atoms with Crippen molar-refractivity contribution in [2.45, 2.75) is 84.5 Å². The molecule has 224 valence electrons. The largest absolute Gasteiger partial charge is 0.0804 e. The Kier molecular flexibility index (Phi) is 5.93. The minimum atomic E-state index is -0.367. The first kappa shape index (κ1) is 28.3. The summed E-state index contributed by atoms with van der Waals surface area (Å²) in [5.41, 5.74) is 22.3. The molecule has 4 aromatic carbocycles. The second-order valence-corrected chi connectivity index (χ2v) is 15.3. The van der Waals surface area contributed by atoms with E-state index >= 15 is 0 Å². The van der Waals surface area contributed by atoms with Gasteiger partial charge in [0.25, 0.3) is 0 Å². The lowest BCUT2D eigenvalue weighted by Crippen LogP contribution is -2.39. The van der Waals surface area contributed by atoms with Crippen molar-refractivity contribution in [2.24, 2.45) is 0 Å². The number of aryl methyl sites for hydroxylation is 2. The lowest BCUT2D eigenvalue weighted by Gasteiger charge is -2.45. The van der Waals surface area contributed by atoms with Gasteiger partial charge in [-0.2, -0.15) is 0 Å². The van der Waals surface area contributed by atoms with Gasteiger partial charge in [0.05, 0.1) is 5.41 Å². The Balaban J connectivity index is 1.39. The molecule has 0 fully saturated rings. The van der Waals surface area contributed by atoms with E-state index in [9.17, 15) is 0 Å². The number of rotatable bonds is 4. The van der Waals surface area contributed by atoms with Gasteiger partial charge >= 0.3 is 0 Å². The molecule has 0 N–H and O–H groups in total. The molecule has 0 nitrogen and oxygen atoms in total. The van der Waals surface area contributed by atoms with Gasteiger partial charge in [-0.15, -0.1) is 0 Å². The molecule has 0 unspecified atom stereocenters. The molecule has 0 bridgehead atoms. The molecule has 4 aromatic rings. The van der Waals surface area contributed by atoms with Gasteiger partial charge in [-0.3, -0.25) is 0 Å². The monoisotopic (exact) mass is 584 g/mol. The second-order valence-electron chi connectivity index (χ2n) is 15.3. The zero-order chi connectivity index (χ0) is 31.5. The van der Waals surface area contributed by atoms with Crippen LogP contribution in [-0.2, 0) is 22.7 Å². The Bertz CT molecular complexity index is 2000. The van der Waals surface area contributed by atoms with Crippen LogP contribution in [0, 0.1) is 13.8 Å². The van der Waals surface area contributed by atoms with E-state index in [-0.39, 0.29) is 16.2 Å². The highest BCUT2D eigenvalue weighted by atomic mass is 14.5. The van der Waals surface area contributed by atoms with E-state index in [0.717, 1.165) is 12.8 Å². The maximum Gasteiger partial charge on any atom is 0.0641 e. The van der Waals surface area contributed by atoms with Gasteiger partial charge in [-0.25, -0.2) is 0 Å². The molecular formula is C45H44. The minimum Gasteiger partial charge on any atom is -0.0804 e. The number of hydrogen-bond acceptors (Lipinski definition) is 0. The molecule has 45 heavy (non-hydrogen) atoms. The van der Waals surface area contributed by atoms with E-state index in [1.165, 1.54) is 89.1 Å². The van der Waals surface area contributed by atoms with Crippen LogP contribution in [0.1, 0.15) is 104 Å². The molecular weight excluding hydrogens is 540 g/mol. The van der Waals surface area contributed by atoms with Crippen LogP contribution in [0.3, 0.4) is 0 Å². The van der Waals surface area contributed by atoms with Crippen molar-refractivity contribution in [2.75, 3.05) is 0 Å². The third kappa shape index (κ3) is 3.84. The van der Waals surface area contributed by atoms with Crippen molar-refractivity contribution in [1.29, 1.82) is 0 Å². The summed E-state index contributed by atoms with van der Waals surface area (Å²) in [4.78, 5) is 0. The van der Waals surface area contributed by atoms with Crippen LogP contribution in [0.5, 0.6) is 0 Å². The molecule has 4 aliphatic carbocycles. The van der Waals surface area contributed by atoms with Crippen LogP contribution in [0.2, 0.25) is 0 Å². The fourth-order valence-corrected chi connectivity index (χ4v) is 9.48. The molecule has 0 atom stereocenters. The Hall–Kier alpha value is -4.16. The molecule has 0 aliphatic heterocycles. The third-order valence-corrected chi connectivity index (χ3v) is 11.5. The van der Waals surface area contributed by atoms with E-state index in [1.54, 1.807) is 0 Å². The van der Waals surface area contributed by atoms with E-state index < -0.39 is 0 Å². The maximum absolute atomic E-state index is 2.58. The van der Waals surface area contributed by atoms with Crippen LogP contribution in [0.15, 0.2) is 108 Å². The smallest absolute Gasteiger partial charge is 0.0641 e. The average Bonchev–Trinajstić information content (AvgIpc) is 3.75.